The maximum absolute atomic E-state index is 13.5. The Kier molecular flexibility index (Phi) is 11.4. The van der Waals surface area contributed by atoms with Crippen molar-refractivity contribution in [3.05, 3.63) is 35.4 Å². The summed E-state index contributed by atoms with van der Waals surface area (Å²) in [5.41, 5.74) is 0.878. The number of nitrogens with one attached hydrogen (secondary N) is 2. The predicted octanol–water partition coefficient (Wildman–Crippen LogP) is 3.47. The predicted molar refractivity (Wildman–Crippen MR) is 129 cm³/mol. The number of carbonyl (C=O) groups excluding carboxylic acids is 3. The summed E-state index contributed by atoms with van der Waals surface area (Å²) in [6.45, 7) is 12.6. The Morgan fingerprint density at radius 1 is 1.12 bits per heavy atom. The quantitative estimate of drug-likeness (QED) is 0.466. The van der Waals surface area contributed by atoms with Crippen LogP contribution in [0.3, 0.4) is 0 Å². The van der Waals surface area contributed by atoms with E-state index in [1.807, 2.05) is 52.0 Å². The number of aryl methyl sites for hydroxylation is 1. The summed E-state index contributed by atoms with van der Waals surface area (Å²) in [5, 5.41) is 15.4. The lowest BCUT2D eigenvalue weighted by Crippen LogP contribution is -2.55. The van der Waals surface area contributed by atoms with Gasteiger partial charge in [-0.15, -0.1) is 0 Å². The third kappa shape index (κ3) is 9.42. The average Bonchev–Trinajstić information content (AvgIpc) is 2.70. The van der Waals surface area contributed by atoms with Gasteiger partial charge in [-0.25, -0.2) is 4.79 Å². The first kappa shape index (κ1) is 28.4. The molecular formula is C25H41N3O5. The molecule has 3 atom stereocenters. The molecule has 1 rings (SSSR count). The van der Waals surface area contributed by atoms with Crippen molar-refractivity contribution in [2.45, 2.75) is 91.5 Å². The van der Waals surface area contributed by atoms with Crippen LogP contribution in [0, 0.1) is 6.92 Å². The third-order valence-corrected chi connectivity index (χ3v) is 4.95. The highest BCUT2D eigenvalue weighted by Crippen LogP contribution is 2.24. The highest BCUT2D eigenvalue weighted by atomic mass is 16.6. The van der Waals surface area contributed by atoms with Gasteiger partial charge < -0.3 is 25.4 Å². The highest BCUT2D eigenvalue weighted by Gasteiger charge is 2.36. The lowest BCUT2D eigenvalue weighted by molar-refractivity contribution is -0.143. The van der Waals surface area contributed by atoms with Crippen molar-refractivity contribution in [1.82, 2.24) is 15.5 Å². The number of rotatable bonds is 11. The van der Waals surface area contributed by atoms with E-state index >= 15 is 0 Å². The molecule has 8 nitrogen and oxygen atoms in total. The second-order valence-corrected chi connectivity index (χ2v) is 9.43. The molecule has 3 unspecified atom stereocenters. The molecule has 186 valence electrons. The third-order valence-electron chi connectivity index (χ3n) is 4.95. The van der Waals surface area contributed by atoms with Gasteiger partial charge in [0.05, 0.1) is 6.61 Å². The molecule has 8 heteroatoms. The van der Waals surface area contributed by atoms with Crippen LogP contribution in [0.25, 0.3) is 0 Å². The zero-order chi connectivity index (χ0) is 25.2. The molecule has 0 aromatic heterocycles. The van der Waals surface area contributed by atoms with Crippen LogP contribution in [0.5, 0.6) is 0 Å². The van der Waals surface area contributed by atoms with Crippen LogP contribution in [-0.4, -0.2) is 58.8 Å². The molecule has 3 amide bonds. The van der Waals surface area contributed by atoms with Crippen LogP contribution >= 0.6 is 0 Å². The Bertz CT molecular complexity index is 790. The fraction of sp³-hybridized carbons (Fsp3) is 0.640. The fourth-order valence-corrected chi connectivity index (χ4v) is 3.58. The zero-order valence-corrected chi connectivity index (χ0v) is 21.1. The van der Waals surface area contributed by atoms with Crippen LogP contribution in [0.15, 0.2) is 24.3 Å². The standard InChI is InChI=1S/C25H41N3O5/c1-8-11-18(4)26-22(30)21(19-13-10-12-17(3)15-19)28(14-9-2)23(31)20(16-29)27-24(32)33-25(5,6)7/h10,12-13,15,18,20-21,29H,8-9,11,14,16H2,1-7H3,(H,26,30)(H,27,32). The number of hydrogen-bond acceptors (Lipinski definition) is 5. The van der Waals surface area contributed by atoms with Crippen LogP contribution in [0.4, 0.5) is 4.79 Å². The number of benzene rings is 1. The van der Waals surface area contributed by atoms with Gasteiger partial charge in [0.2, 0.25) is 11.8 Å². The van der Waals surface area contributed by atoms with Crippen molar-refractivity contribution in [2.24, 2.45) is 0 Å². The monoisotopic (exact) mass is 463 g/mol. The number of nitrogens with zero attached hydrogens (tertiary/aromatic N) is 1. The summed E-state index contributed by atoms with van der Waals surface area (Å²) >= 11 is 0. The summed E-state index contributed by atoms with van der Waals surface area (Å²) in [5.74, 6) is -0.840. The van der Waals surface area contributed by atoms with E-state index in [0.717, 1.165) is 18.4 Å². The molecule has 0 spiro atoms. The molecular weight excluding hydrogens is 422 g/mol. The Morgan fingerprint density at radius 2 is 1.79 bits per heavy atom. The van der Waals surface area contributed by atoms with Crippen molar-refractivity contribution < 1.29 is 24.2 Å². The molecule has 0 aliphatic rings. The minimum absolute atomic E-state index is 0.0538. The summed E-state index contributed by atoms with van der Waals surface area (Å²) in [6, 6.07) is 5.27. The molecule has 1 aromatic carbocycles. The van der Waals surface area contributed by atoms with Crippen LogP contribution in [0.1, 0.15) is 78.0 Å². The molecule has 0 bridgehead atoms. The van der Waals surface area contributed by atoms with Gasteiger partial charge in [-0.05, 0) is 53.0 Å². The molecule has 0 aliphatic heterocycles. The van der Waals surface area contributed by atoms with Crippen molar-refractivity contribution in [2.75, 3.05) is 13.2 Å². The number of amides is 3. The molecule has 0 radical (unpaired) electrons. The lowest BCUT2D eigenvalue weighted by atomic mass is 10.00. The second-order valence-electron chi connectivity index (χ2n) is 9.43. The first-order chi connectivity index (χ1) is 15.4. The molecule has 0 saturated carbocycles. The van der Waals surface area contributed by atoms with Crippen molar-refractivity contribution in [3.8, 4) is 0 Å². The minimum atomic E-state index is -1.24. The molecule has 0 aliphatic carbocycles. The smallest absolute Gasteiger partial charge is 0.408 e. The Balaban J connectivity index is 3.31. The van der Waals surface area contributed by atoms with E-state index in [-0.39, 0.29) is 18.5 Å². The summed E-state index contributed by atoms with van der Waals surface area (Å²) < 4.78 is 5.24. The van der Waals surface area contributed by atoms with Crippen molar-refractivity contribution >= 4 is 17.9 Å². The van der Waals surface area contributed by atoms with E-state index in [4.69, 9.17) is 4.74 Å². The summed E-state index contributed by atoms with van der Waals surface area (Å²) in [6.07, 6.45) is 1.52. The minimum Gasteiger partial charge on any atom is -0.444 e. The van der Waals surface area contributed by atoms with Gasteiger partial charge in [-0.2, -0.15) is 0 Å². The number of carbonyl (C=O) groups is 3. The van der Waals surface area contributed by atoms with E-state index in [0.29, 0.717) is 12.0 Å². The average molecular weight is 464 g/mol. The van der Waals surface area contributed by atoms with E-state index in [1.165, 1.54) is 4.90 Å². The Hall–Kier alpha value is -2.61. The van der Waals surface area contributed by atoms with E-state index in [1.54, 1.807) is 20.8 Å². The van der Waals surface area contributed by atoms with Crippen molar-refractivity contribution in [1.29, 1.82) is 0 Å². The van der Waals surface area contributed by atoms with Gasteiger partial charge >= 0.3 is 6.09 Å². The number of ether oxygens (including phenoxy) is 1. The zero-order valence-electron chi connectivity index (χ0n) is 21.1. The first-order valence-electron chi connectivity index (χ1n) is 11.7. The van der Waals surface area contributed by atoms with Crippen molar-refractivity contribution in [3.63, 3.8) is 0 Å². The topological polar surface area (TPSA) is 108 Å². The molecule has 0 heterocycles. The summed E-state index contributed by atoms with van der Waals surface area (Å²) in [7, 11) is 0. The highest BCUT2D eigenvalue weighted by molar-refractivity contribution is 5.92. The van der Waals surface area contributed by atoms with Gasteiger partial charge in [0, 0.05) is 12.6 Å². The molecule has 1 aromatic rings. The van der Waals surface area contributed by atoms with Crippen LogP contribution < -0.4 is 10.6 Å². The van der Waals surface area contributed by atoms with E-state index in [9.17, 15) is 19.5 Å². The van der Waals surface area contributed by atoms with E-state index in [2.05, 4.69) is 10.6 Å². The van der Waals surface area contributed by atoms with Gasteiger partial charge in [-0.3, -0.25) is 9.59 Å². The summed E-state index contributed by atoms with van der Waals surface area (Å²) in [4.78, 5) is 40.6. The van der Waals surface area contributed by atoms with Crippen LogP contribution in [0.2, 0.25) is 0 Å². The Morgan fingerprint density at radius 3 is 2.30 bits per heavy atom. The maximum Gasteiger partial charge on any atom is 0.408 e. The fourth-order valence-electron chi connectivity index (χ4n) is 3.58. The molecule has 33 heavy (non-hydrogen) atoms. The van der Waals surface area contributed by atoms with Gasteiger partial charge in [0.15, 0.2) is 0 Å². The van der Waals surface area contributed by atoms with E-state index < -0.39 is 36.3 Å². The molecule has 0 fully saturated rings. The SMILES string of the molecule is CCCC(C)NC(=O)C(c1cccc(C)c1)N(CCC)C(=O)C(CO)NC(=O)OC(C)(C)C. The Labute approximate surface area is 198 Å². The molecule has 0 saturated heterocycles. The largest absolute Gasteiger partial charge is 0.444 e. The van der Waals surface area contributed by atoms with Gasteiger partial charge in [-0.1, -0.05) is 50.1 Å². The van der Waals surface area contributed by atoms with Gasteiger partial charge in [0.1, 0.15) is 17.7 Å². The van der Waals surface area contributed by atoms with Gasteiger partial charge in [0.25, 0.3) is 0 Å². The maximum atomic E-state index is 13.5. The lowest BCUT2D eigenvalue weighted by Gasteiger charge is -2.34. The molecule has 3 N–H and O–H groups in total. The number of aliphatic hydroxyl groups is 1. The first-order valence-corrected chi connectivity index (χ1v) is 11.7. The number of aliphatic hydroxyl groups excluding tert-OH is 1. The van der Waals surface area contributed by atoms with Crippen LogP contribution in [-0.2, 0) is 14.3 Å². The number of alkyl carbamates (subject to hydrolysis) is 1. The second kappa shape index (κ2) is 13.2. The number of hydrogen-bond donors (Lipinski definition) is 3. The normalized spacial score (nSPS) is 14.1.